The third-order valence-electron chi connectivity index (χ3n) is 5.85. The van der Waals surface area contributed by atoms with Crippen LogP contribution in [0.15, 0.2) is 60.7 Å². The van der Waals surface area contributed by atoms with Gasteiger partial charge in [0.15, 0.2) is 6.10 Å². The summed E-state index contributed by atoms with van der Waals surface area (Å²) in [6.07, 6.45) is -0.765. The maximum Gasteiger partial charge on any atom is 0.265 e. The normalized spacial score (nSPS) is 15.1. The topological polar surface area (TPSA) is 44.8 Å². The van der Waals surface area contributed by atoms with Gasteiger partial charge in [0, 0.05) is 48.5 Å². The van der Waals surface area contributed by atoms with Crippen LogP contribution in [-0.4, -0.2) is 43.1 Å². The standard InChI is InChI=1S/C26H25Cl4N3O2/c1-17(35-25-9-6-19(27)14-23(25)30)26(34)31-20-7-8-24(22(29)15-20)33-12-10-32(11-13-33)16-18-4-2-3-5-21(18)28/h2-9,14-15,17H,10-13,16H2,1H3,(H,31,34). The fourth-order valence-corrected chi connectivity index (χ4v) is 4.86. The number of rotatable bonds is 7. The molecule has 1 unspecified atom stereocenters. The minimum Gasteiger partial charge on any atom is -0.479 e. The van der Waals surface area contributed by atoms with Gasteiger partial charge in [-0.2, -0.15) is 0 Å². The van der Waals surface area contributed by atoms with Gasteiger partial charge in [-0.1, -0.05) is 64.6 Å². The van der Waals surface area contributed by atoms with Gasteiger partial charge in [-0.15, -0.1) is 0 Å². The lowest BCUT2D eigenvalue weighted by Gasteiger charge is -2.36. The highest BCUT2D eigenvalue weighted by molar-refractivity contribution is 6.35. The summed E-state index contributed by atoms with van der Waals surface area (Å²) in [5.41, 5.74) is 2.68. The van der Waals surface area contributed by atoms with Crippen molar-refractivity contribution in [3.8, 4) is 5.75 Å². The average Bonchev–Trinajstić information content (AvgIpc) is 2.83. The van der Waals surface area contributed by atoms with Gasteiger partial charge in [0.25, 0.3) is 5.91 Å². The van der Waals surface area contributed by atoms with E-state index < -0.39 is 6.10 Å². The third-order valence-corrected chi connectivity index (χ3v) is 7.05. The molecule has 0 bridgehead atoms. The Bertz CT molecular complexity index is 1200. The Morgan fingerprint density at radius 2 is 1.66 bits per heavy atom. The van der Waals surface area contributed by atoms with E-state index in [-0.39, 0.29) is 5.91 Å². The van der Waals surface area contributed by atoms with Gasteiger partial charge in [-0.25, -0.2) is 0 Å². The molecule has 1 N–H and O–H groups in total. The van der Waals surface area contributed by atoms with Gasteiger partial charge < -0.3 is 15.0 Å². The first-order valence-electron chi connectivity index (χ1n) is 11.2. The van der Waals surface area contributed by atoms with Crippen molar-refractivity contribution in [3.63, 3.8) is 0 Å². The summed E-state index contributed by atoms with van der Waals surface area (Å²) in [6.45, 7) is 5.99. The number of hydrogen-bond acceptors (Lipinski definition) is 4. The lowest BCUT2D eigenvalue weighted by Crippen LogP contribution is -2.46. The largest absolute Gasteiger partial charge is 0.479 e. The highest BCUT2D eigenvalue weighted by atomic mass is 35.5. The van der Waals surface area contributed by atoms with Crippen LogP contribution in [0.4, 0.5) is 11.4 Å². The molecule has 184 valence electrons. The summed E-state index contributed by atoms with van der Waals surface area (Å²) in [5.74, 6) is 0.0776. The number of carbonyl (C=O) groups excluding carboxylic acids is 1. The minimum absolute atomic E-state index is 0.312. The van der Waals surface area contributed by atoms with Crippen LogP contribution >= 0.6 is 46.4 Å². The lowest BCUT2D eigenvalue weighted by molar-refractivity contribution is -0.122. The molecule has 3 aromatic rings. The molecule has 1 aliphatic heterocycles. The number of halogens is 4. The number of nitrogens with zero attached hydrogens (tertiary/aromatic N) is 2. The summed E-state index contributed by atoms with van der Waals surface area (Å²) in [5, 5.41) is 5.07. The Morgan fingerprint density at radius 1 is 0.914 bits per heavy atom. The van der Waals surface area contributed by atoms with Crippen molar-refractivity contribution in [2.24, 2.45) is 0 Å². The molecule has 1 saturated heterocycles. The van der Waals surface area contributed by atoms with Crippen LogP contribution < -0.4 is 15.0 Å². The quantitative estimate of drug-likeness (QED) is 0.342. The van der Waals surface area contributed by atoms with E-state index in [1.54, 1.807) is 31.2 Å². The first kappa shape index (κ1) is 25.9. The maximum absolute atomic E-state index is 12.6. The zero-order chi connectivity index (χ0) is 24.9. The smallest absolute Gasteiger partial charge is 0.265 e. The molecule has 1 atom stereocenters. The Hall–Kier alpha value is -2.15. The molecule has 0 radical (unpaired) electrons. The van der Waals surface area contributed by atoms with E-state index >= 15 is 0 Å². The number of carbonyl (C=O) groups is 1. The van der Waals surface area contributed by atoms with Crippen LogP contribution in [-0.2, 0) is 11.3 Å². The van der Waals surface area contributed by atoms with Crippen LogP contribution in [0.1, 0.15) is 12.5 Å². The minimum atomic E-state index is -0.765. The molecule has 0 spiro atoms. The zero-order valence-electron chi connectivity index (χ0n) is 19.1. The number of anilines is 2. The molecule has 0 saturated carbocycles. The van der Waals surface area contributed by atoms with Crippen molar-refractivity contribution in [1.29, 1.82) is 0 Å². The molecule has 3 aromatic carbocycles. The Morgan fingerprint density at radius 3 is 2.34 bits per heavy atom. The van der Waals surface area contributed by atoms with Crippen molar-refractivity contribution in [3.05, 3.63) is 86.3 Å². The average molecular weight is 553 g/mol. The highest BCUT2D eigenvalue weighted by Crippen LogP contribution is 2.31. The molecule has 1 heterocycles. The van der Waals surface area contributed by atoms with Crippen molar-refractivity contribution in [1.82, 2.24) is 4.90 Å². The molecule has 1 amide bonds. The second kappa shape index (κ2) is 11.7. The van der Waals surface area contributed by atoms with Crippen molar-refractivity contribution < 1.29 is 9.53 Å². The summed E-state index contributed by atoms with van der Waals surface area (Å²) in [6, 6.07) is 18.3. The monoisotopic (exact) mass is 551 g/mol. The van der Waals surface area contributed by atoms with Gasteiger partial charge in [-0.3, -0.25) is 9.69 Å². The molecule has 0 aliphatic carbocycles. The van der Waals surface area contributed by atoms with Crippen molar-refractivity contribution in [2.75, 3.05) is 36.4 Å². The number of hydrogen-bond donors (Lipinski definition) is 1. The zero-order valence-corrected chi connectivity index (χ0v) is 22.1. The van der Waals surface area contributed by atoms with Crippen LogP contribution in [0.3, 0.4) is 0 Å². The van der Waals surface area contributed by atoms with Crippen molar-refractivity contribution in [2.45, 2.75) is 19.6 Å². The van der Waals surface area contributed by atoms with E-state index in [0.29, 0.717) is 26.5 Å². The number of nitrogens with one attached hydrogen (secondary N) is 1. The first-order chi connectivity index (χ1) is 16.8. The lowest BCUT2D eigenvalue weighted by atomic mass is 10.2. The molecule has 9 heteroatoms. The summed E-state index contributed by atoms with van der Waals surface area (Å²) < 4.78 is 5.69. The maximum atomic E-state index is 12.6. The van der Waals surface area contributed by atoms with Gasteiger partial charge in [0.1, 0.15) is 5.75 Å². The van der Waals surface area contributed by atoms with Crippen LogP contribution in [0.2, 0.25) is 20.1 Å². The molecular formula is C26H25Cl4N3O2. The second-order valence-electron chi connectivity index (χ2n) is 8.34. The number of benzene rings is 3. The molecule has 1 fully saturated rings. The summed E-state index contributed by atoms with van der Waals surface area (Å²) in [4.78, 5) is 17.3. The van der Waals surface area contributed by atoms with Gasteiger partial charge in [-0.05, 0) is 55.0 Å². The molecule has 5 nitrogen and oxygen atoms in total. The van der Waals surface area contributed by atoms with Gasteiger partial charge in [0.05, 0.1) is 15.7 Å². The van der Waals surface area contributed by atoms with E-state index in [1.807, 2.05) is 30.3 Å². The molecule has 4 rings (SSSR count). The van der Waals surface area contributed by atoms with Crippen LogP contribution in [0, 0.1) is 0 Å². The van der Waals surface area contributed by atoms with E-state index in [4.69, 9.17) is 51.1 Å². The molecule has 1 aliphatic rings. The summed E-state index contributed by atoms with van der Waals surface area (Å²) >= 11 is 24.9. The van der Waals surface area contributed by atoms with E-state index in [9.17, 15) is 4.79 Å². The van der Waals surface area contributed by atoms with E-state index in [1.165, 1.54) is 0 Å². The second-order valence-corrected chi connectivity index (χ2v) is 10.0. The number of amides is 1. The fraction of sp³-hybridized carbons (Fsp3) is 0.269. The van der Waals surface area contributed by atoms with Crippen molar-refractivity contribution >= 4 is 63.7 Å². The Balaban J connectivity index is 1.32. The fourth-order valence-electron chi connectivity index (χ4n) is 3.91. The van der Waals surface area contributed by atoms with Crippen LogP contribution in [0.25, 0.3) is 0 Å². The summed E-state index contributed by atoms with van der Waals surface area (Å²) in [7, 11) is 0. The van der Waals surface area contributed by atoms with Gasteiger partial charge in [0.2, 0.25) is 0 Å². The van der Waals surface area contributed by atoms with E-state index in [0.717, 1.165) is 49.0 Å². The highest BCUT2D eigenvalue weighted by Gasteiger charge is 2.21. The Kier molecular flexibility index (Phi) is 8.68. The predicted molar refractivity (Wildman–Crippen MR) is 146 cm³/mol. The SMILES string of the molecule is CC(Oc1ccc(Cl)cc1Cl)C(=O)Nc1ccc(N2CCN(Cc3ccccc3Cl)CC2)c(Cl)c1. The number of ether oxygens (including phenoxy) is 1. The van der Waals surface area contributed by atoms with Gasteiger partial charge >= 0.3 is 0 Å². The molecule has 35 heavy (non-hydrogen) atoms. The number of piperazine rings is 1. The van der Waals surface area contributed by atoms with Crippen LogP contribution in [0.5, 0.6) is 5.75 Å². The molecular weight excluding hydrogens is 528 g/mol. The Labute approximate surface area is 225 Å². The molecule has 0 aromatic heterocycles. The third kappa shape index (κ3) is 6.75. The predicted octanol–water partition coefficient (Wildman–Crippen LogP) is 7.03. The van der Waals surface area contributed by atoms with E-state index in [2.05, 4.69) is 21.2 Å². The first-order valence-corrected chi connectivity index (χ1v) is 12.7.